The Balaban J connectivity index is 1.82. The van der Waals surface area contributed by atoms with Gasteiger partial charge in [-0.25, -0.2) is 4.98 Å². The lowest BCUT2D eigenvalue weighted by atomic mass is 9.98. The molecule has 5 rings (SSSR count). The lowest BCUT2D eigenvalue weighted by Gasteiger charge is -2.23. The fourth-order valence-corrected chi connectivity index (χ4v) is 4.79. The van der Waals surface area contributed by atoms with Crippen molar-refractivity contribution in [3.05, 3.63) is 80.1 Å². The zero-order chi connectivity index (χ0) is 21.9. The van der Waals surface area contributed by atoms with Crippen LogP contribution < -0.4 is 15.1 Å². The number of para-hydroxylation sites is 1. The highest BCUT2D eigenvalue weighted by Crippen LogP contribution is 2.44. The van der Waals surface area contributed by atoms with Gasteiger partial charge in [-0.1, -0.05) is 18.2 Å². The quantitative estimate of drug-likeness (QED) is 0.516. The van der Waals surface area contributed by atoms with E-state index in [0.29, 0.717) is 21.7 Å². The van der Waals surface area contributed by atoms with Gasteiger partial charge in [-0.15, -0.1) is 11.3 Å². The number of ether oxygens (including phenoxy) is 1. The average molecular weight is 434 g/mol. The minimum atomic E-state index is -0.761. The van der Waals surface area contributed by atoms with Crippen LogP contribution in [0.2, 0.25) is 0 Å². The first kappa shape index (κ1) is 19.3. The molecule has 1 aliphatic heterocycles. The second-order valence-electron chi connectivity index (χ2n) is 7.32. The Bertz CT molecular complexity index is 1400. The summed E-state index contributed by atoms with van der Waals surface area (Å²) in [5, 5.41) is 10.9. The minimum Gasteiger partial charge on any atom is -0.504 e. The van der Waals surface area contributed by atoms with Crippen molar-refractivity contribution in [2.24, 2.45) is 0 Å². The molecule has 3 heterocycles. The largest absolute Gasteiger partial charge is 0.504 e. The Kier molecular flexibility index (Phi) is 4.33. The number of aromatic nitrogens is 1. The first-order valence-electron chi connectivity index (χ1n) is 9.61. The predicted octanol–water partition coefficient (Wildman–Crippen LogP) is 4.33. The van der Waals surface area contributed by atoms with Crippen molar-refractivity contribution in [2.45, 2.75) is 19.9 Å². The Morgan fingerprint density at radius 3 is 2.65 bits per heavy atom. The summed E-state index contributed by atoms with van der Waals surface area (Å²) >= 11 is 1.38. The second kappa shape index (κ2) is 6.95. The molecule has 1 N–H and O–H groups in total. The molecule has 1 aliphatic rings. The van der Waals surface area contributed by atoms with Gasteiger partial charge >= 0.3 is 0 Å². The molecule has 31 heavy (non-hydrogen) atoms. The number of hydrogen-bond acceptors (Lipinski definition) is 7. The molecule has 8 heteroatoms. The first-order chi connectivity index (χ1) is 14.9. The van der Waals surface area contributed by atoms with Gasteiger partial charge in [0.05, 0.1) is 29.8 Å². The molecule has 0 radical (unpaired) electrons. The summed E-state index contributed by atoms with van der Waals surface area (Å²) in [5.41, 5.74) is 1.76. The molecule has 0 bridgehead atoms. The van der Waals surface area contributed by atoms with E-state index in [-0.39, 0.29) is 28.3 Å². The maximum absolute atomic E-state index is 13.5. The lowest BCUT2D eigenvalue weighted by Crippen LogP contribution is -2.29. The Morgan fingerprint density at radius 2 is 1.94 bits per heavy atom. The van der Waals surface area contributed by atoms with Crippen LogP contribution in [0, 0.1) is 13.8 Å². The van der Waals surface area contributed by atoms with Crippen LogP contribution in [0.1, 0.15) is 38.3 Å². The van der Waals surface area contributed by atoms with E-state index < -0.39 is 11.9 Å². The second-order valence-corrected chi connectivity index (χ2v) is 8.50. The predicted molar refractivity (Wildman–Crippen MR) is 117 cm³/mol. The third kappa shape index (κ3) is 2.83. The third-order valence-corrected chi connectivity index (χ3v) is 6.59. The van der Waals surface area contributed by atoms with Crippen LogP contribution in [-0.2, 0) is 0 Å². The number of nitrogens with zero attached hydrogens (tertiary/aromatic N) is 2. The normalized spacial score (nSPS) is 15.5. The number of methoxy groups -OCH3 is 1. The number of phenolic OH excluding ortho intramolecular Hbond substituents is 1. The highest BCUT2D eigenvalue weighted by atomic mass is 32.1. The molecule has 0 fully saturated rings. The van der Waals surface area contributed by atoms with E-state index in [1.54, 1.807) is 36.4 Å². The van der Waals surface area contributed by atoms with Crippen molar-refractivity contribution in [3.63, 3.8) is 0 Å². The topological polar surface area (TPSA) is 92.9 Å². The number of anilines is 1. The minimum absolute atomic E-state index is 0.00579. The van der Waals surface area contributed by atoms with Gasteiger partial charge in [0, 0.05) is 4.88 Å². The van der Waals surface area contributed by atoms with Crippen LogP contribution in [0.25, 0.3) is 11.0 Å². The lowest BCUT2D eigenvalue weighted by molar-refractivity contribution is 0.0971. The Morgan fingerprint density at radius 1 is 1.16 bits per heavy atom. The van der Waals surface area contributed by atoms with Crippen LogP contribution >= 0.6 is 11.3 Å². The van der Waals surface area contributed by atoms with Gasteiger partial charge in [-0.05, 0) is 43.7 Å². The van der Waals surface area contributed by atoms with Crippen molar-refractivity contribution in [3.8, 4) is 11.5 Å². The molecule has 0 unspecified atom stereocenters. The van der Waals surface area contributed by atoms with Crippen molar-refractivity contribution in [1.29, 1.82) is 0 Å². The molecule has 0 saturated heterocycles. The molecular formula is C23H18N2O5S. The number of rotatable bonds is 3. The number of aromatic hydroxyl groups is 1. The number of fused-ring (bicyclic) bond motifs is 2. The molecule has 2 aromatic carbocycles. The number of hydrogen-bond donors (Lipinski definition) is 1. The van der Waals surface area contributed by atoms with Gasteiger partial charge in [0.1, 0.15) is 5.58 Å². The molecule has 1 amide bonds. The Hall–Kier alpha value is -3.65. The monoisotopic (exact) mass is 434 g/mol. The van der Waals surface area contributed by atoms with E-state index in [9.17, 15) is 14.7 Å². The van der Waals surface area contributed by atoms with E-state index in [2.05, 4.69) is 4.98 Å². The average Bonchev–Trinajstić information content (AvgIpc) is 3.25. The zero-order valence-corrected chi connectivity index (χ0v) is 17.8. The number of phenols is 1. The van der Waals surface area contributed by atoms with Crippen LogP contribution in [0.15, 0.2) is 51.7 Å². The summed E-state index contributed by atoms with van der Waals surface area (Å²) in [5.74, 6) is -0.209. The number of carbonyl (C=O) groups is 1. The van der Waals surface area contributed by atoms with Crippen molar-refractivity contribution in [2.75, 3.05) is 12.0 Å². The fraction of sp³-hybridized carbons (Fsp3) is 0.174. The zero-order valence-electron chi connectivity index (χ0n) is 17.0. The van der Waals surface area contributed by atoms with Crippen molar-refractivity contribution >= 4 is 33.3 Å². The molecule has 0 saturated carbocycles. The summed E-state index contributed by atoms with van der Waals surface area (Å²) < 4.78 is 11.2. The number of amides is 1. The van der Waals surface area contributed by atoms with Crippen molar-refractivity contribution in [1.82, 2.24) is 4.98 Å². The summed E-state index contributed by atoms with van der Waals surface area (Å²) in [6.07, 6.45) is 0. The van der Waals surface area contributed by atoms with E-state index in [4.69, 9.17) is 9.15 Å². The van der Waals surface area contributed by atoms with E-state index >= 15 is 0 Å². The summed E-state index contributed by atoms with van der Waals surface area (Å²) in [4.78, 5) is 34.0. The molecule has 156 valence electrons. The number of carbonyl (C=O) groups excluding carboxylic acids is 1. The number of thiazole rings is 1. The van der Waals surface area contributed by atoms with E-state index in [0.717, 1.165) is 10.6 Å². The Labute approximate surface area is 181 Å². The van der Waals surface area contributed by atoms with Crippen molar-refractivity contribution < 1.29 is 19.1 Å². The molecule has 4 aromatic rings. The standard InChI is InChI=1S/C23H18N2O5S/c1-11-12(2)31-23(24-11)25-19(13-8-9-15(26)17(10-13)29-3)18-20(27)14-6-4-5-7-16(14)30-21(18)22(25)28/h4-10,19,26H,1-3H3/t19-/m0/s1. The van der Waals surface area contributed by atoms with Gasteiger partial charge in [-0.3, -0.25) is 14.5 Å². The van der Waals surface area contributed by atoms with Crippen LogP contribution in [-0.4, -0.2) is 23.1 Å². The fourth-order valence-electron chi connectivity index (χ4n) is 3.86. The molecule has 7 nitrogen and oxygen atoms in total. The highest BCUT2D eigenvalue weighted by molar-refractivity contribution is 7.15. The molecule has 2 aromatic heterocycles. The number of benzene rings is 2. The molecule has 1 atom stereocenters. The highest BCUT2D eigenvalue weighted by Gasteiger charge is 2.45. The number of aryl methyl sites for hydroxylation is 2. The van der Waals surface area contributed by atoms with Crippen LogP contribution in [0.3, 0.4) is 0 Å². The van der Waals surface area contributed by atoms with Gasteiger partial charge < -0.3 is 14.3 Å². The smallest absolute Gasteiger partial charge is 0.297 e. The summed E-state index contributed by atoms with van der Waals surface area (Å²) in [6, 6.07) is 10.9. The molecule has 0 spiro atoms. The van der Waals surface area contributed by atoms with E-state index in [1.165, 1.54) is 29.4 Å². The maximum Gasteiger partial charge on any atom is 0.297 e. The summed E-state index contributed by atoms with van der Waals surface area (Å²) in [6.45, 7) is 3.81. The van der Waals surface area contributed by atoms with Gasteiger partial charge in [0.15, 0.2) is 22.1 Å². The van der Waals surface area contributed by atoms with Gasteiger partial charge in [0.2, 0.25) is 5.76 Å². The molecule has 0 aliphatic carbocycles. The SMILES string of the molecule is COc1cc([C@H]2c3c(oc4ccccc4c3=O)C(=O)N2c2nc(C)c(C)s2)ccc1O. The van der Waals surface area contributed by atoms with Gasteiger partial charge in [-0.2, -0.15) is 0 Å². The summed E-state index contributed by atoms with van der Waals surface area (Å²) in [7, 11) is 1.44. The molecular weight excluding hydrogens is 416 g/mol. The van der Waals surface area contributed by atoms with Gasteiger partial charge in [0.25, 0.3) is 5.91 Å². The van der Waals surface area contributed by atoms with Crippen LogP contribution in [0.4, 0.5) is 5.13 Å². The van der Waals surface area contributed by atoms with Crippen LogP contribution in [0.5, 0.6) is 11.5 Å². The first-order valence-corrected chi connectivity index (χ1v) is 10.4. The third-order valence-electron chi connectivity index (χ3n) is 5.52. The van der Waals surface area contributed by atoms with E-state index in [1.807, 2.05) is 13.8 Å². The maximum atomic E-state index is 13.5.